The van der Waals surface area contributed by atoms with Crippen molar-refractivity contribution in [1.82, 2.24) is 5.32 Å². The maximum absolute atomic E-state index is 11.4. The lowest BCUT2D eigenvalue weighted by Gasteiger charge is -2.12. The van der Waals surface area contributed by atoms with Gasteiger partial charge in [0.1, 0.15) is 11.1 Å². The van der Waals surface area contributed by atoms with E-state index in [9.17, 15) is 4.79 Å². The number of rotatable bonds is 2. The Morgan fingerprint density at radius 2 is 2.28 bits per heavy atom. The Bertz CT molecular complexity index is 529. The highest BCUT2D eigenvalue weighted by Gasteiger charge is 2.25. The van der Waals surface area contributed by atoms with Crippen LogP contribution in [0.15, 0.2) is 29.3 Å². The van der Waals surface area contributed by atoms with Gasteiger partial charge in [-0.1, -0.05) is 6.07 Å². The average Bonchev–Trinajstić information content (AvgIpc) is 3.05. The van der Waals surface area contributed by atoms with Crippen LogP contribution in [0.5, 0.6) is 11.5 Å². The Balaban J connectivity index is 1.76. The van der Waals surface area contributed by atoms with Crippen molar-refractivity contribution in [2.24, 2.45) is 0 Å². The SMILES string of the molecule is COC(=O)C1=CS[C@@H](c2ccc3c(c2)OCO3)N1. The Hall–Kier alpha value is -1.82. The summed E-state index contributed by atoms with van der Waals surface area (Å²) in [4.78, 5) is 11.4. The summed E-state index contributed by atoms with van der Waals surface area (Å²) >= 11 is 1.52. The molecule has 0 saturated carbocycles. The van der Waals surface area contributed by atoms with Crippen LogP contribution >= 0.6 is 11.8 Å². The molecule has 6 heteroatoms. The monoisotopic (exact) mass is 265 g/mol. The van der Waals surface area contributed by atoms with Gasteiger partial charge in [-0.25, -0.2) is 4.79 Å². The lowest BCUT2D eigenvalue weighted by atomic mass is 10.2. The van der Waals surface area contributed by atoms with Gasteiger partial charge in [-0.05, 0) is 17.7 Å². The van der Waals surface area contributed by atoms with Crippen LogP contribution in [0.2, 0.25) is 0 Å². The van der Waals surface area contributed by atoms with Crippen molar-refractivity contribution < 1.29 is 19.0 Å². The van der Waals surface area contributed by atoms with E-state index in [4.69, 9.17) is 9.47 Å². The highest BCUT2D eigenvalue weighted by atomic mass is 32.2. The first kappa shape index (κ1) is 11.3. The molecule has 0 spiro atoms. The van der Waals surface area contributed by atoms with E-state index in [-0.39, 0.29) is 18.1 Å². The van der Waals surface area contributed by atoms with E-state index in [1.807, 2.05) is 18.2 Å². The standard InChI is InChI=1S/C12H11NO4S/c1-15-12(14)8-5-18-11(13-8)7-2-3-9-10(4-7)17-6-16-9/h2-5,11,13H,6H2,1H3/t11-/m0/s1. The van der Waals surface area contributed by atoms with Gasteiger partial charge in [0.2, 0.25) is 6.79 Å². The Labute approximate surface area is 108 Å². The number of ether oxygens (including phenoxy) is 3. The van der Waals surface area contributed by atoms with Crippen LogP contribution in [0.3, 0.4) is 0 Å². The second-order valence-corrected chi connectivity index (χ2v) is 4.78. The summed E-state index contributed by atoms with van der Waals surface area (Å²) in [5.74, 6) is 1.13. The van der Waals surface area contributed by atoms with E-state index in [1.54, 1.807) is 5.41 Å². The van der Waals surface area contributed by atoms with Crippen molar-refractivity contribution in [3.05, 3.63) is 34.9 Å². The van der Waals surface area contributed by atoms with Crippen LogP contribution in [0.25, 0.3) is 0 Å². The van der Waals surface area contributed by atoms with Crippen molar-refractivity contribution in [1.29, 1.82) is 0 Å². The predicted molar refractivity (Wildman–Crippen MR) is 66.1 cm³/mol. The molecule has 18 heavy (non-hydrogen) atoms. The number of fused-ring (bicyclic) bond motifs is 1. The minimum absolute atomic E-state index is 0.00593. The Kier molecular flexibility index (Phi) is 2.79. The average molecular weight is 265 g/mol. The van der Waals surface area contributed by atoms with Gasteiger partial charge in [-0.3, -0.25) is 0 Å². The quantitative estimate of drug-likeness (QED) is 0.822. The van der Waals surface area contributed by atoms with Gasteiger partial charge in [0, 0.05) is 5.41 Å². The molecule has 0 fully saturated rings. The topological polar surface area (TPSA) is 56.8 Å². The third-order valence-electron chi connectivity index (χ3n) is 2.71. The van der Waals surface area contributed by atoms with E-state index >= 15 is 0 Å². The zero-order valence-electron chi connectivity index (χ0n) is 9.64. The highest BCUT2D eigenvalue weighted by Crippen LogP contribution is 2.39. The molecule has 1 aromatic carbocycles. The van der Waals surface area contributed by atoms with Crippen LogP contribution in [-0.4, -0.2) is 19.9 Å². The molecule has 94 valence electrons. The molecule has 0 unspecified atom stereocenters. The van der Waals surface area contributed by atoms with Crippen LogP contribution in [0.1, 0.15) is 10.9 Å². The number of benzene rings is 1. The molecular formula is C12H11NO4S. The van der Waals surface area contributed by atoms with Crippen LogP contribution in [-0.2, 0) is 9.53 Å². The minimum atomic E-state index is -0.356. The van der Waals surface area contributed by atoms with Gasteiger partial charge in [0.05, 0.1) is 7.11 Å². The number of carbonyl (C=O) groups is 1. The van der Waals surface area contributed by atoms with Gasteiger partial charge in [-0.15, -0.1) is 11.8 Å². The first-order valence-corrected chi connectivity index (χ1v) is 6.32. The molecule has 0 amide bonds. The molecule has 1 atom stereocenters. The molecule has 1 N–H and O–H groups in total. The summed E-state index contributed by atoms with van der Waals surface area (Å²) in [6.45, 7) is 0.260. The van der Waals surface area contributed by atoms with Crippen molar-refractivity contribution in [2.45, 2.75) is 5.37 Å². The second-order valence-electron chi connectivity index (χ2n) is 3.80. The smallest absolute Gasteiger partial charge is 0.354 e. The van der Waals surface area contributed by atoms with Crippen LogP contribution in [0.4, 0.5) is 0 Å². The van der Waals surface area contributed by atoms with Crippen molar-refractivity contribution in [2.75, 3.05) is 13.9 Å². The third kappa shape index (κ3) is 1.88. The molecule has 0 saturated heterocycles. The summed E-state index contributed by atoms with van der Waals surface area (Å²) < 4.78 is 15.2. The summed E-state index contributed by atoms with van der Waals surface area (Å²) in [5, 5.41) is 4.86. The largest absolute Gasteiger partial charge is 0.464 e. The number of carbonyl (C=O) groups excluding carboxylic acids is 1. The van der Waals surface area contributed by atoms with Gasteiger partial charge in [-0.2, -0.15) is 0 Å². The zero-order chi connectivity index (χ0) is 12.5. The number of hydrogen-bond donors (Lipinski definition) is 1. The number of methoxy groups -OCH3 is 1. The van der Waals surface area contributed by atoms with E-state index in [0.29, 0.717) is 5.70 Å². The minimum Gasteiger partial charge on any atom is -0.464 e. The van der Waals surface area contributed by atoms with E-state index < -0.39 is 0 Å². The second kappa shape index (κ2) is 4.45. The number of esters is 1. The molecule has 0 aliphatic carbocycles. The normalized spacial score (nSPS) is 20.3. The Morgan fingerprint density at radius 3 is 3.11 bits per heavy atom. The van der Waals surface area contributed by atoms with E-state index in [0.717, 1.165) is 17.1 Å². The van der Waals surface area contributed by atoms with E-state index in [1.165, 1.54) is 18.9 Å². The maximum Gasteiger partial charge on any atom is 0.354 e. The maximum atomic E-state index is 11.4. The summed E-state index contributed by atoms with van der Waals surface area (Å²) in [5.41, 5.74) is 1.50. The molecule has 2 heterocycles. The molecular weight excluding hydrogens is 254 g/mol. The van der Waals surface area contributed by atoms with Crippen molar-refractivity contribution in [3.8, 4) is 11.5 Å². The molecule has 5 nitrogen and oxygen atoms in total. The van der Waals surface area contributed by atoms with Crippen molar-refractivity contribution in [3.63, 3.8) is 0 Å². The fraction of sp³-hybridized carbons (Fsp3) is 0.250. The van der Waals surface area contributed by atoms with Gasteiger partial charge < -0.3 is 19.5 Å². The van der Waals surface area contributed by atoms with E-state index in [2.05, 4.69) is 10.1 Å². The fourth-order valence-corrected chi connectivity index (χ4v) is 2.74. The first-order valence-electron chi connectivity index (χ1n) is 5.38. The van der Waals surface area contributed by atoms with Crippen molar-refractivity contribution >= 4 is 17.7 Å². The molecule has 3 rings (SSSR count). The van der Waals surface area contributed by atoms with Gasteiger partial charge >= 0.3 is 5.97 Å². The first-order chi connectivity index (χ1) is 8.78. The predicted octanol–water partition coefficient (Wildman–Crippen LogP) is 1.76. The molecule has 0 radical (unpaired) electrons. The third-order valence-corrected chi connectivity index (χ3v) is 3.75. The molecule has 2 aliphatic heterocycles. The van der Waals surface area contributed by atoms with Gasteiger partial charge in [0.25, 0.3) is 0 Å². The summed E-state index contributed by atoms with van der Waals surface area (Å²) in [6, 6.07) is 5.74. The van der Waals surface area contributed by atoms with Gasteiger partial charge in [0.15, 0.2) is 11.5 Å². The lowest BCUT2D eigenvalue weighted by molar-refractivity contribution is -0.136. The fourth-order valence-electron chi connectivity index (χ4n) is 1.80. The highest BCUT2D eigenvalue weighted by molar-refractivity contribution is 8.02. The Morgan fingerprint density at radius 1 is 1.44 bits per heavy atom. The number of nitrogens with one attached hydrogen (secondary N) is 1. The summed E-state index contributed by atoms with van der Waals surface area (Å²) in [7, 11) is 1.36. The zero-order valence-corrected chi connectivity index (χ0v) is 10.5. The number of hydrogen-bond acceptors (Lipinski definition) is 6. The summed E-state index contributed by atoms with van der Waals surface area (Å²) in [6.07, 6.45) is 0. The molecule has 0 bridgehead atoms. The molecule has 2 aliphatic rings. The molecule has 0 aromatic heterocycles. The van der Waals surface area contributed by atoms with Crippen LogP contribution < -0.4 is 14.8 Å². The number of thioether (sulfide) groups is 1. The lowest BCUT2D eigenvalue weighted by Crippen LogP contribution is -2.20. The molecule has 1 aromatic rings. The van der Waals surface area contributed by atoms with Crippen LogP contribution in [0, 0.1) is 0 Å².